The molecule has 2 rings (SSSR count). The predicted octanol–water partition coefficient (Wildman–Crippen LogP) is 4.43. The highest BCUT2D eigenvalue weighted by atomic mass is 35.5. The number of aromatic nitrogens is 1. The quantitative estimate of drug-likeness (QED) is 0.636. The molecule has 1 aromatic heterocycles. The van der Waals surface area contributed by atoms with Gasteiger partial charge in [-0.15, -0.1) is 0 Å². The lowest BCUT2D eigenvalue weighted by Gasteiger charge is -2.16. The van der Waals surface area contributed by atoms with E-state index in [0.29, 0.717) is 5.15 Å². The zero-order valence-electron chi connectivity index (χ0n) is 10.5. The molecule has 0 atom stereocenters. The zero-order valence-corrected chi connectivity index (χ0v) is 11.3. The van der Waals surface area contributed by atoms with Crippen molar-refractivity contribution in [2.75, 3.05) is 11.9 Å². The van der Waals surface area contributed by atoms with Gasteiger partial charge in [-0.2, -0.15) is 0 Å². The third-order valence-corrected chi connectivity index (χ3v) is 3.82. The van der Waals surface area contributed by atoms with Gasteiger partial charge >= 0.3 is 0 Å². The molecule has 94 valence electrons. The van der Waals surface area contributed by atoms with Crippen molar-refractivity contribution in [2.45, 2.75) is 45.4 Å². The number of aryl methyl sites for hydroxylation is 1. The summed E-state index contributed by atoms with van der Waals surface area (Å²) in [5.41, 5.74) is 2.12. The molecule has 1 aliphatic rings. The minimum Gasteiger partial charge on any atom is -0.383 e. The van der Waals surface area contributed by atoms with Gasteiger partial charge in [-0.25, -0.2) is 4.98 Å². The standard InChI is InChI=1S/C14H21ClN2/c1-11-13(8-9-14(15)17-11)16-10-12-6-4-2-3-5-7-12/h8-9,12,16H,2-7,10H2,1H3. The van der Waals surface area contributed by atoms with Crippen LogP contribution in [0.25, 0.3) is 0 Å². The largest absolute Gasteiger partial charge is 0.383 e. The molecule has 2 nitrogen and oxygen atoms in total. The van der Waals surface area contributed by atoms with Gasteiger partial charge in [0, 0.05) is 6.54 Å². The summed E-state index contributed by atoms with van der Waals surface area (Å²) in [6, 6.07) is 3.88. The SMILES string of the molecule is Cc1nc(Cl)ccc1NCC1CCCCCC1. The number of anilines is 1. The molecule has 0 amide bonds. The van der Waals surface area contributed by atoms with E-state index in [2.05, 4.69) is 10.3 Å². The number of halogens is 1. The molecule has 1 aliphatic carbocycles. The Labute approximate surface area is 109 Å². The van der Waals surface area contributed by atoms with E-state index in [4.69, 9.17) is 11.6 Å². The van der Waals surface area contributed by atoms with Crippen LogP contribution in [-0.2, 0) is 0 Å². The lowest BCUT2D eigenvalue weighted by molar-refractivity contribution is 0.483. The molecule has 1 aromatic rings. The number of rotatable bonds is 3. The van der Waals surface area contributed by atoms with Crippen LogP contribution in [0.15, 0.2) is 12.1 Å². The third kappa shape index (κ3) is 3.88. The Kier molecular flexibility index (Phi) is 4.66. The van der Waals surface area contributed by atoms with Gasteiger partial charge in [0.25, 0.3) is 0 Å². The van der Waals surface area contributed by atoms with Gasteiger partial charge in [0.05, 0.1) is 11.4 Å². The van der Waals surface area contributed by atoms with E-state index < -0.39 is 0 Å². The van der Waals surface area contributed by atoms with Crippen molar-refractivity contribution < 1.29 is 0 Å². The molecule has 1 saturated carbocycles. The smallest absolute Gasteiger partial charge is 0.129 e. The van der Waals surface area contributed by atoms with Crippen molar-refractivity contribution in [1.29, 1.82) is 0 Å². The Morgan fingerprint density at radius 2 is 1.94 bits per heavy atom. The zero-order chi connectivity index (χ0) is 12.1. The Morgan fingerprint density at radius 3 is 2.59 bits per heavy atom. The van der Waals surface area contributed by atoms with E-state index in [1.807, 2.05) is 19.1 Å². The average Bonchev–Trinajstić information content (AvgIpc) is 2.56. The van der Waals surface area contributed by atoms with E-state index >= 15 is 0 Å². The maximum absolute atomic E-state index is 5.85. The molecule has 17 heavy (non-hydrogen) atoms. The second-order valence-corrected chi connectivity index (χ2v) is 5.39. The predicted molar refractivity (Wildman–Crippen MR) is 73.7 cm³/mol. The van der Waals surface area contributed by atoms with Crippen molar-refractivity contribution in [3.63, 3.8) is 0 Å². The van der Waals surface area contributed by atoms with Crippen LogP contribution in [0.3, 0.4) is 0 Å². The molecule has 1 fully saturated rings. The molecule has 0 unspecified atom stereocenters. The minimum absolute atomic E-state index is 0.572. The van der Waals surface area contributed by atoms with Gasteiger partial charge in [0.1, 0.15) is 5.15 Å². The fraction of sp³-hybridized carbons (Fsp3) is 0.643. The van der Waals surface area contributed by atoms with Crippen LogP contribution >= 0.6 is 11.6 Å². The Hall–Kier alpha value is -0.760. The van der Waals surface area contributed by atoms with Crippen molar-refractivity contribution in [2.24, 2.45) is 5.92 Å². The Balaban J connectivity index is 1.88. The van der Waals surface area contributed by atoms with Gasteiger partial charge in [-0.3, -0.25) is 0 Å². The number of nitrogens with one attached hydrogen (secondary N) is 1. The Bertz CT molecular complexity index is 357. The summed E-state index contributed by atoms with van der Waals surface area (Å²) in [7, 11) is 0. The fourth-order valence-electron chi connectivity index (χ4n) is 2.54. The molecule has 1 N–H and O–H groups in total. The second-order valence-electron chi connectivity index (χ2n) is 5.01. The summed E-state index contributed by atoms with van der Waals surface area (Å²) >= 11 is 5.85. The van der Waals surface area contributed by atoms with Gasteiger partial charge in [0.2, 0.25) is 0 Å². The Morgan fingerprint density at radius 1 is 1.24 bits per heavy atom. The van der Waals surface area contributed by atoms with Crippen LogP contribution in [0.2, 0.25) is 5.15 Å². The van der Waals surface area contributed by atoms with Crippen LogP contribution in [0.1, 0.15) is 44.2 Å². The monoisotopic (exact) mass is 252 g/mol. The molecule has 0 aromatic carbocycles. The van der Waals surface area contributed by atoms with Crippen LogP contribution in [-0.4, -0.2) is 11.5 Å². The van der Waals surface area contributed by atoms with E-state index in [1.54, 1.807) is 0 Å². The lowest BCUT2D eigenvalue weighted by Crippen LogP contribution is -2.14. The second kappa shape index (κ2) is 6.25. The molecular formula is C14H21ClN2. The van der Waals surface area contributed by atoms with Gasteiger partial charge in [-0.05, 0) is 37.8 Å². The van der Waals surface area contributed by atoms with E-state index in [9.17, 15) is 0 Å². The molecule has 1 heterocycles. The maximum Gasteiger partial charge on any atom is 0.129 e. The maximum atomic E-state index is 5.85. The number of nitrogens with zero attached hydrogens (tertiary/aromatic N) is 1. The van der Waals surface area contributed by atoms with Gasteiger partial charge in [-0.1, -0.05) is 37.3 Å². The van der Waals surface area contributed by atoms with Gasteiger partial charge in [0.15, 0.2) is 0 Å². The lowest BCUT2D eigenvalue weighted by atomic mass is 10.0. The van der Waals surface area contributed by atoms with Crippen molar-refractivity contribution >= 4 is 17.3 Å². The highest BCUT2D eigenvalue weighted by molar-refractivity contribution is 6.29. The van der Waals surface area contributed by atoms with Gasteiger partial charge < -0.3 is 5.32 Å². The van der Waals surface area contributed by atoms with Crippen molar-refractivity contribution in [3.8, 4) is 0 Å². The number of hydrogen-bond donors (Lipinski definition) is 1. The van der Waals surface area contributed by atoms with E-state index in [1.165, 1.54) is 38.5 Å². The number of pyridine rings is 1. The normalized spacial score (nSPS) is 17.8. The fourth-order valence-corrected chi connectivity index (χ4v) is 2.73. The number of hydrogen-bond acceptors (Lipinski definition) is 2. The average molecular weight is 253 g/mol. The molecule has 0 radical (unpaired) electrons. The van der Waals surface area contributed by atoms with Crippen LogP contribution < -0.4 is 5.32 Å². The van der Waals surface area contributed by atoms with Crippen LogP contribution in [0, 0.1) is 12.8 Å². The first-order valence-corrected chi connectivity index (χ1v) is 7.00. The van der Waals surface area contributed by atoms with Crippen LogP contribution in [0.4, 0.5) is 5.69 Å². The summed E-state index contributed by atoms with van der Waals surface area (Å²) in [4.78, 5) is 4.26. The summed E-state index contributed by atoms with van der Waals surface area (Å²) in [5.74, 6) is 0.826. The minimum atomic E-state index is 0.572. The molecule has 0 spiro atoms. The first-order chi connectivity index (χ1) is 8.25. The summed E-state index contributed by atoms with van der Waals surface area (Å²) in [6.45, 7) is 3.07. The first-order valence-electron chi connectivity index (χ1n) is 6.63. The molecule has 0 saturated heterocycles. The molecule has 0 bridgehead atoms. The summed E-state index contributed by atoms with van der Waals surface area (Å²) in [5, 5.41) is 4.09. The summed E-state index contributed by atoms with van der Waals surface area (Å²) in [6.07, 6.45) is 8.35. The highest BCUT2D eigenvalue weighted by Crippen LogP contribution is 2.24. The highest BCUT2D eigenvalue weighted by Gasteiger charge is 2.12. The molecular weight excluding hydrogens is 232 g/mol. The third-order valence-electron chi connectivity index (χ3n) is 3.61. The van der Waals surface area contributed by atoms with E-state index in [-0.39, 0.29) is 0 Å². The first kappa shape index (κ1) is 12.7. The molecule has 3 heteroatoms. The van der Waals surface area contributed by atoms with Crippen LogP contribution in [0.5, 0.6) is 0 Å². The summed E-state index contributed by atoms with van der Waals surface area (Å²) < 4.78 is 0. The van der Waals surface area contributed by atoms with Crippen molar-refractivity contribution in [1.82, 2.24) is 4.98 Å². The molecule has 0 aliphatic heterocycles. The van der Waals surface area contributed by atoms with E-state index in [0.717, 1.165) is 23.8 Å². The van der Waals surface area contributed by atoms with Crippen molar-refractivity contribution in [3.05, 3.63) is 23.0 Å². The topological polar surface area (TPSA) is 24.9 Å².